The SMILES string of the molecule is CC1(C)CNc2cc(Cc3cc(F)c(F)cc3F)c(=O)[nH]c21. The Balaban J connectivity index is 2.01. The van der Waals surface area contributed by atoms with E-state index in [0.717, 1.165) is 17.4 Å². The van der Waals surface area contributed by atoms with Crippen LogP contribution >= 0.6 is 0 Å². The highest BCUT2D eigenvalue weighted by Crippen LogP contribution is 2.34. The minimum Gasteiger partial charge on any atom is -0.383 e. The zero-order valence-corrected chi connectivity index (χ0v) is 12.2. The first-order valence-electron chi connectivity index (χ1n) is 6.92. The van der Waals surface area contributed by atoms with Gasteiger partial charge in [-0.3, -0.25) is 4.79 Å². The van der Waals surface area contributed by atoms with Crippen LogP contribution in [0.3, 0.4) is 0 Å². The predicted octanol–water partition coefficient (Wildman–Crippen LogP) is 3.09. The lowest BCUT2D eigenvalue weighted by molar-refractivity contribution is 0.491. The molecule has 22 heavy (non-hydrogen) atoms. The molecular formula is C16H15F3N2O. The highest BCUT2D eigenvalue weighted by Gasteiger charge is 2.31. The van der Waals surface area contributed by atoms with Gasteiger partial charge >= 0.3 is 0 Å². The molecule has 3 nitrogen and oxygen atoms in total. The fourth-order valence-electron chi connectivity index (χ4n) is 2.69. The third-order valence-corrected chi connectivity index (χ3v) is 3.99. The minimum atomic E-state index is -1.24. The molecule has 2 N–H and O–H groups in total. The molecule has 0 bridgehead atoms. The Morgan fingerprint density at radius 3 is 2.45 bits per heavy atom. The minimum absolute atomic E-state index is 0.0541. The van der Waals surface area contributed by atoms with Gasteiger partial charge in [0.25, 0.3) is 5.56 Å². The van der Waals surface area contributed by atoms with Crippen molar-refractivity contribution in [2.45, 2.75) is 25.7 Å². The molecule has 1 aromatic carbocycles. The monoisotopic (exact) mass is 308 g/mol. The van der Waals surface area contributed by atoms with Crippen molar-refractivity contribution in [1.82, 2.24) is 4.98 Å². The van der Waals surface area contributed by atoms with E-state index in [1.54, 1.807) is 6.07 Å². The number of aromatic nitrogens is 1. The second-order valence-corrected chi connectivity index (χ2v) is 6.18. The molecule has 0 saturated heterocycles. The van der Waals surface area contributed by atoms with Gasteiger partial charge in [0.2, 0.25) is 0 Å². The average molecular weight is 308 g/mol. The number of anilines is 1. The molecule has 0 atom stereocenters. The molecule has 116 valence electrons. The lowest BCUT2D eigenvalue weighted by Gasteiger charge is -2.16. The van der Waals surface area contributed by atoms with Crippen LogP contribution in [0.5, 0.6) is 0 Å². The normalized spacial score (nSPS) is 15.5. The van der Waals surface area contributed by atoms with E-state index in [9.17, 15) is 18.0 Å². The van der Waals surface area contributed by atoms with Gasteiger partial charge in [-0.05, 0) is 17.7 Å². The Morgan fingerprint density at radius 1 is 1.05 bits per heavy atom. The first kappa shape index (κ1) is 14.7. The van der Waals surface area contributed by atoms with Crippen LogP contribution in [-0.2, 0) is 11.8 Å². The van der Waals surface area contributed by atoms with Crippen molar-refractivity contribution < 1.29 is 13.2 Å². The highest BCUT2D eigenvalue weighted by molar-refractivity contribution is 5.58. The van der Waals surface area contributed by atoms with Crippen LogP contribution in [0.1, 0.15) is 30.7 Å². The molecule has 1 aromatic heterocycles. The first-order chi connectivity index (χ1) is 10.3. The lowest BCUT2D eigenvalue weighted by atomic mass is 9.91. The molecule has 0 aliphatic carbocycles. The summed E-state index contributed by atoms with van der Waals surface area (Å²) in [5, 5.41) is 3.18. The Bertz CT molecular complexity index is 812. The van der Waals surface area contributed by atoms with Crippen LogP contribution in [0.15, 0.2) is 23.0 Å². The van der Waals surface area contributed by atoms with Crippen molar-refractivity contribution in [2.24, 2.45) is 0 Å². The summed E-state index contributed by atoms with van der Waals surface area (Å²) in [6.07, 6.45) is -0.103. The molecule has 2 aromatic rings. The smallest absolute Gasteiger partial charge is 0.251 e. The molecule has 0 radical (unpaired) electrons. The van der Waals surface area contributed by atoms with E-state index < -0.39 is 17.5 Å². The van der Waals surface area contributed by atoms with Crippen molar-refractivity contribution >= 4 is 5.69 Å². The summed E-state index contributed by atoms with van der Waals surface area (Å²) >= 11 is 0. The summed E-state index contributed by atoms with van der Waals surface area (Å²) < 4.78 is 39.9. The zero-order chi connectivity index (χ0) is 16.1. The maximum absolute atomic E-state index is 13.7. The number of rotatable bonds is 2. The molecule has 1 aliphatic rings. The van der Waals surface area contributed by atoms with E-state index in [-0.39, 0.29) is 23.0 Å². The Labute approximate surface area is 125 Å². The van der Waals surface area contributed by atoms with Crippen LogP contribution < -0.4 is 10.9 Å². The Morgan fingerprint density at radius 2 is 1.73 bits per heavy atom. The maximum Gasteiger partial charge on any atom is 0.251 e. The van der Waals surface area contributed by atoms with Crippen LogP contribution in [0.25, 0.3) is 0 Å². The van der Waals surface area contributed by atoms with Gasteiger partial charge in [0.05, 0.1) is 5.69 Å². The zero-order valence-electron chi connectivity index (χ0n) is 12.2. The molecule has 2 heterocycles. The number of aromatic amines is 1. The Kier molecular flexibility index (Phi) is 3.27. The summed E-state index contributed by atoms with van der Waals surface area (Å²) in [5.41, 5.74) is 1.28. The van der Waals surface area contributed by atoms with E-state index in [4.69, 9.17) is 0 Å². The van der Waals surface area contributed by atoms with Gasteiger partial charge in [-0.2, -0.15) is 0 Å². The van der Waals surface area contributed by atoms with Gasteiger partial charge in [0, 0.05) is 35.7 Å². The summed E-state index contributed by atoms with van der Waals surface area (Å²) in [6, 6.07) is 2.92. The van der Waals surface area contributed by atoms with Gasteiger partial charge in [0.1, 0.15) is 5.82 Å². The molecule has 0 unspecified atom stereocenters. The number of benzene rings is 1. The molecular weight excluding hydrogens is 293 g/mol. The van der Waals surface area contributed by atoms with Gasteiger partial charge in [0.15, 0.2) is 11.6 Å². The van der Waals surface area contributed by atoms with Crippen molar-refractivity contribution in [3.8, 4) is 0 Å². The highest BCUT2D eigenvalue weighted by atomic mass is 19.2. The largest absolute Gasteiger partial charge is 0.383 e. The number of hydrogen-bond acceptors (Lipinski definition) is 2. The van der Waals surface area contributed by atoms with E-state index in [1.807, 2.05) is 13.8 Å². The van der Waals surface area contributed by atoms with Gasteiger partial charge in [-0.15, -0.1) is 0 Å². The number of fused-ring (bicyclic) bond motifs is 1. The van der Waals surface area contributed by atoms with E-state index in [0.29, 0.717) is 18.2 Å². The standard InChI is InChI=1S/C16H15F3N2O/c1-16(2)7-20-13-5-9(15(22)21-14(13)16)3-8-4-11(18)12(19)6-10(8)17/h4-6,20H,3,7H2,1-2H3,(H,21,22). The average Bonchev–Trinajstić information content (AvgIpc) is 2.72. The van der Waals surface area contributed by atoms with Crippen molar-refractivity contribution in [3.63, 3.8) is 0 Å². The number of halogens is 3. The van der Waals surface area contributed by atoms with Gasteiger partial charge in [-0.1, -0.05) is 13.8 Å². The molecule has 0 fully saturated rings. The number of H-pyrrole nitrogens is 1. The number of pyridine rings is 1. The summed E-state index contributed by atoms with van der Waals surface area (Å²) in [6.45, 7) is 4.67. The maximum atomic E-state index is 13.7. The van der Waals surface area contributed by atoms with Crippen LogP contribution in [-0.4, -0.2) is 11.5 Å². The third-order valence-electron chi connectivity index (χ3n) is 3.99. The second-order valence-electron chi connectivity index (χ2n) is 6.18. The summed E-state index contributed by atoms with van der Waals surface area (Å²) in [7, 11) is 0. The van der Waals surface area contributed by atoms with Crippen LogP contribution in [0.2, 0.25) is 0 Å². The Hall–Kier alpha value is -2.24. The van der Waals surface area contributed by atoms with E-state index in [2.05, 4.69) is 10.3 Å². The molecule has 6 heteroatoms. The summed E-state index contributed by atoms with van der Waals surface area (Å²) in [5.74, 6) is -3.24. The van der Waals surface area contributed by atoms with E-state index >= 15 is 0 Å². The third kappa shape index (κ3) is 2.38. The van der Waals surface area contributed by atoms with Crippen molar-refractivity contribution in [2.75, 3.05) is 11.9 Å². The van der Waals surface area contributed by atoms with E-state index in [1.165, 1.54) is 0 Å². The van der Waals surface area contributed by atoms with Gasteiger partial charge in [-0.25, -0.2) is 13.2 Å². The number of hydrogen-bond donors (Lipinski definition) is 2. The molecule has 3 rings (SSSR count). The lowest BCUT2D eigenvalue weighted by Crippen LogP contribution is -2.23. The predicted molar refractivity (Wildman–Crippen MR) is 77.7 cm³/mol. The first-order valence-corrected chi connectivity index (χ1v) is 6.92. The fraction of sp³-hybridized carbons (Fsp3) is 0.312. The fourth-order valence-corrected chi connectivity index (χ4v) is 2.69. The van der Waals surface area contributed by atoms with Crippen molar-refractivity contribution in [3.05, 3.63) is 62.8 Å². The van der Waals surface area contributed by atoms with Crippen LogP contribution in [0.4, 0.5) is 18.9 Å². The second kappa shape index (κ2) is 4.90. The van der Waals surface area contributed by atoms with Gasteiger partial charge < -0.3 is 10.3 Å². The molecule has 0 saturated carbocycles. The molecule has 1 aliphatic heterocycles. The van der Waals surface area contributed by atoms with Crippen molar-refractivity contribution in [1.29, 1.82) is 0 Å². The summed E-state index contributed by atoms with van der Waals surface area (Å²) in [4.78, 5) is 15.0. The quantitative estimate of drug-likeness (QED) is 0.838. The topological polar surface area (TPSA) is 44.9 Å². The molecule has 0 amide bonds. The molecule has 0 spiro atoms. The van der Waals surface area contributed by atoms with Crippen LogP contribution in [0, 0.1) is 17.5 Å². The number of nitrogens with one attached hydrogen (secondary N) is 2.